The van der Waals surface area contributed by atoms with Gasteiger partial charge >= 0.3 is 0 Å². The molecule has 1 aliphatic carbocycles. The summed E-state index contributed by atoms with van der Waals surface area (Å²) in [6.07, 6.45) is 5.91. The van der Waals surface area contributed by atoms with E-state index < -0.39 is 10.5 Å². The molecule has 0 spiro atoms. The van der Waals surface area contributed by atoms with Crippen molar-refractivity contribution in [2.24, 2.45) is 0 Å². The van der Waals surface area contributed by atoms with Gasteiger partial charge in [-0.15, -0.1) is 0 Å². The SMILES string of the molecule is COc1cc(NCC2(O)CCCCCC2)cc([N+](=O)[O-])c1. The Balaban J connectivity index is 2.08. The third-order valence-electron chi connectivity index (χ3n) is 3.99. The normalized spacial score (nSPS) is 17.8. The molecule has 21 heavy (non-hydrogen) atoms. The standard InChI is InChI=1S/C15H22N2O4/c1-21-14-9-12(8-13(10-14)17(19)20)16-11-15(18)6-4-2-3-5-7-15/h8-10,16,18H,2-7,11H2,1H3. The Kier molecular flexibility index (Phi) is 5.01. The summed E-state index contributed by atoms with van der Waals surface area (Å²) in [6.45, 7) is 0.400. The van der Waals surface area contributed by atoms with E-state index >= 15 is 0 Å². The first kappa shape index (κ1) is 15.6. The van der Waals surface area contributed by atoms with Gasteiger partial charge in [0.25, 0.3) is 5.69 Å². The molecule has 0 aromatic heterocycles. The Morgan fingerprint density at radius 1 is 1.29 bits per heavy atom. The topological polar surface area (TPSA) is 84.6 Å². The molecule has 1 aromatic carbocycles. The van der Waals surface area contributed by atoms with Gasteiger partial charge in [0.05, 0.1) is 23.7 Å². The number of nitro groups is 1. The smallest absolute Gasteiger partial charge is 0.275 e. The van der Waals surface area contributed by atoms with E-state index in [9.17, 15) is 15.2 Å². The summed E-state index contributed by atoms with van der Waals surface area (Å²) in [6, 6.07) is 4.54. The van der Waals surface area contributed by atoms with Crippen molar-refractivity contribution in [1.82, 2.24) is 0 Å². The summed E-state index contributed by atoms with van der Waals surface area (Å²) in [5.74, 6) is 0.430. The number of nitro benzene ring substituents is 1. The van der Waals surface area contributed by atoms with E-state index in [1.165, 1.54) is 19.2 Å². The molecule has 1 saturated carbocycles. The minimum Gasteiger partial charge on any atom is -0.496 e. The third kappa shape index (κ3) is 4.32. The molecule has 0 saturated heterocycles. The van der Waals surface area contributed by atoms with E-state index in [0.29, 0.717) is 18.0 Å². The van der Waals surface area contributed by atoms with E-state index in [1.807, 2.05) is 0 Å². The Bertz CT molecular complexity index is 496. The minimum atomic E-state index is -0.728. The van der Waals surface area contributed by atoms with Gasteiger partial charge in [0, 0.05) is 24.4 Å². The molecule has 0 radical (unpaired) electrons. The Hall–Kier alpha value is -1.82. The van der Waals surface area contributed by atoms with Crippen LogP contribution in [0.25, 0.3) is 0 Å². The van der Waals surface area contributed by atoms with Crippen molar-refractivity contribution in [3.8, 4) is 5.75 Å². The molecule has 6 heteroatoms. The fourth-order valence-electron chi connectivity index (χ4n) is 2.74. The third-order valence-corrected chi connectivity index (χ3v) is 3.99. The Morgan fingerprint density at radius 2 is 1.95 bits per heavy atom. The molecule has 0 amide bonds. The second-order valence-corrected chi connectivity index (χ2v) is 5.67. The van der Waals surface area contributed by atoms with E-state index in [4.69, 9.17) is 4.74 Å². The van der Waals surface area contributed by atoms with Crippen LogP contribution in [0.5, 0.6) is 5.75 Å². The van der Waals surface area contributed by atoms with Crippen LogP contribution < -0.4 is 10.1 Å². The molecule has 0 aliphatic heterocycles. The largest absolute Gasteiger partial charge is 0.496 e. The fourth-order valence-corrected chi connectivity index (χ4v) is 2.74. The van der Waals surface area contributed by atoms with Crippen LogP contribution in [-0.2, 0) is 0 Å². The van der Waals surface area contributed by atoms with Gasteiger partial charge in [-0.2, -0.15) is 0 Å². The summed E-state index contributed by atoms with van der Waals surface area (Å²) >= 11 is 0. The molecule has 0 atom stereocenters. The number of nitrogens with zero attached hydrogens (tertiary/aromatic N) is 1. The minimum absolute atomic E-state index is 0.0234. The molecule has 1 fully saturated rings. The van der Waals surface area contributed by atoms with Gasteiger partial charge in [0.15, 0.2) is 0 Å². The van der Waals surface area contributed by atoms with E-state index in [2.05, 4.69) is 5.32 Å². The van der Waals surface area contributed by atoms with Crippen LogP contribution in [0.15, 0.2) is 18.2 Å². The van der Waals surface area contributed by atoms with Gasteiger partial charge in [-0.3, -0.25) is 10.1 Å². The van der Waals surface area contributed by atoms with Gasteiger partial charge in [-0.05, 0) is 12.8 Å². The van der Waals surface area contributed by atoms with Crippen molar-refractivity contribution in [2.75, 3.05) is 19.0 Å². The highest BCUT2D eigenvalue weighted by Gasteiger charge is 2.27. The predicted octanol–water partition coefficient (Wildman–Crippen LogP) is 3.10. The molecule has 1 aliphatic rings. The van der Waals surface area contributed by atoms with Gasteiger partial charge in [-0.1, -0.05) is 25.7 Å². The van der Waals surface area contributed by atoms with Crippen molar-refractivity contribution in [1.29, 1.82) is 0 Å². The fraction of sp³-hybridized carbons (Fsp3) is 0.600. The molecule has 6 nitrogen and oxygen atoms in total. The predicted molar refractivity (Wildman–Crippen MR) is 80.8 cm³/mol. The lowest BCUT2D eigenvalue weighted by Crippen LogP contribution is -2.36. The molecule has 0 bridgehead atoms. The van der Waals surface area contributed by atoms with Crippen LogP contribution in [-0.4, -0.2) is 29.3 Å². The van der Waals surface area contributed by atoms with Crippen LogP contribution in [0.2, 0.25) is 0 Å². The summed E-state index contributed by atoms with van der Waals surface area (Å²) in [5, 5.41) is 24.6. The number of nitrogens with one attached hydrogen (secondary N) is 1. The number of hydrogen-bond acceptors (Lipinski definition) is 5. The molecular weight excluding hydrogens is 272 g/mol. The van der Waals surface area contributed by atoms with Crippen molar-refractivity contribution >= 4 is 11.4 Å². The molecule has 0 unspecified atom stereocenters. The van der Waals surface area contributed by atoms with E-state index in [-0.39, 0.29) is 5.69 Å². The number of anilines is 1. The number of hydrogen-bond donors (Lipinski definition) is 2. The number of ether oxygens (including phenoxy) is 1. The molecule has 0 heterocycles. The van der Waals surface area contributed by atoms with Gasteiger partial charge in [0.2, 0.25) is 0 Å². The number of aliphatic hydroxyl groups is 1. The number of non-ortho nitro benzene ring substituents is 1. The highest BCUT2D eigenvalue weighted by molar-refractivity contribution is 5.56. The number of rotatable bonds is 5. The second kappa shape index (κ2) is 6.76. The van der Waals surface area contributed by atoms with Crippen molar-refractivity contribution in [2.45, 2.75) is 44.1 Å². The maximum atomic E-state index is 10.9. The highest BCUT2D eigenvalue weighted by atomic mass is 16.6. The van der Waals surface area contributed by atoms with Crippen LogP contribution in [0.3, 0.4) is 0 Å². The molecule has 1 aromatic rings. The van der Waals surface area contributed by atoms with Gasteiger partial charge in [0.1, 0.15) is 5.75 Å². The lowest BCUT2D eigenvalue weighted by Gasteiger charge is -2.27. The highest BCUT2D eigenvalue weighted by Crippen LogP contribution is 2.29. The maximum absolute atomic E-state index is 10.9. The van der Waals surface area contributed by atoms with Crippen LogP contribution in [0.1, 0.15) is 38.5 Å². The van der Waals surface area contributed by atoms with Crippen molar-refractivity contribution < 1.29 is 14.8 Å². The van der Waals surface area contributed by atoms with Gasteiger partial charge < -0.3 is 15.2 Å². The van der Waals surface area contributed by atoms with E-state index in [0.717, 1.165) is 38.5 Å². The zero-order valence-electron chi connectivity index (χ0n) is 12.3. The lowest BCUT2D eigenvalue weighted by atomic mass is 9.94. The summed E-state index contributed by atoms with van der Waals surface area (Å²) in [5.41, 5.74) is -0.155. The van der Waals surface area contributed by atoms with E-state index in [1.54, 1.807) is 6.07 Å². The molecule has 2 rings (SSSR count). The average molecular weight is 294 g/mol. The monoisotopic (exact) mass is 294 g/mol. The van der Waals surface area contributed by atoms with Crippen molar-refractivity contribution in [3.05, 3.63) is 28.3 Å². The zero-order chi connectivity index (χ0) is 15.3. The second-order valence-electron chi connectivity index (χ2n) is 5.67. The average Bonchev–Trinajstić information content (AvgIpc) is 2.70. The molecule has 2 N–H and O–H groups in total. The summed E-state index contributed by atoms with van der Waals surface area (Å²) in [4.78, 5) is 10.5. The first-order valence-electron chi connectivity index (χ1n) is 7.32. The Morgan fingerprint density at radius 3 is 2.52 bits per heavy atom. The lowest BCUT2D eigenvalue weighted by molar-refractivity contribution is -0.384. The van der Waals surface area contributed by atoms with Crippen LogP contribution in [0.4, 0.5) is 11.4 Å². The Labute approximate surface area is 124 Å². The summed E-state index contributed by atoms with van der Waals surface area (Å²) < 4.78 is 5.08. The number of methoxy groups -OCH3 is 1. The zero-order valence-corrected chi connectivity index (χ0v) is 12.3. The maximum Gasteiger partial charge on any atom is 0.275 e. The number of benzene rings is 1. The quantitative estimate of drug-likeness (QED) is 0.495. The van der Waals surface area contributed by atoms with Crippen LogP contribution in [0, 0.1) is 10.1 Å². The van der Waals surface area contributed by atoms with Gasteiger partial charge in [-0.25, -0.2) is 0 Å². The van der Waals surface area contributed by atoms with Crippen molar-refractivity contribution in [3.63, 3.8) is 0 Å². The molecule has 116 valence electrons. The first-order chi connectivity index (χ1) is 10.0. The summed E-state index contributed by atoms with van der Waals surface area (Å²) in [7, 11) is 1.47. The first-order valence-corrected chi connectivity index (χ1v) is 7.32. The molecular formula is C15H22N2O4. The van der Waals surface area contributed by atoms with Crippen LogP contribution >= 0.6 is 0 Å².